The third kappa shape index (κ3) is 3.12. The van der Waals surface area contributed by atoms with Crippen LogP contribution in [-0.2, 0) is 6.54 Å². The van der Waals surface area contributed by atoms with Crippen molar-refractivity contribution in [2.45, 2.75) is 6.54 Å². The molecule has 0 atom stereocenters. The van der Waals surface area contributed by atoms with Crippen LogP contribution in [0.1, 0.15) is 5.56 Å². The molecule has 2 rings (SSSR count). The summed E-state index contributed by atoms with van der Waals surface area (Å²) in [6, 6.07) is 8.74. The van der Waals surface area contributed by atoms with Gasteiger partial charge < -0.3 is 10.5 Å². The summed E-state index contributed by atoms with van der Waals surface area (Å²) in [5, 5.41) is 10.9. The van der Waals surface area contributed by atoms with E-state index in [2.05, 4.69) is 15.9 Å². The Balaban J connectivity index is 2.36. The molecular weight excluding hydrogens is 331 g/mol. The molecule has 2 aromatic rings. The van der Waals surface area contributed by atoms with E-state index in [0.717, 1.165) is 17.7 Å². The molecule has 0 radical (unpaired) electrons. The number of ether oxygens (including phenoxy) is 1. The minimum Gasteiger partial charge on any atom is -0.450 e. The zero-order valence-corrected chi connectivity index (χ0v) is 11.8. The number of rotatable bonds is 4. The second kappa shape index (κ2) is 5.98. The molecular formula is C13H10BrFN2O3. The third-order valence-electron chi connectivity index (χ3n) is 2.59. The van der Waals surface area contributed by atoms with E-state index in [1.807, 2.05) is 0 Å². The van der Waals surface area contributed by atoms with Crippen molar-refractivity contribution < 1.29 is 14.1 Å². The lowest BCUT2D eigenvalue weighted by atomic mass is 10.2. The van der Waals surface area contributed by atoms with Crippen molar-refractivity contribution in [1.82, 2.24) is 0 Å². The molecule has 0 aliphatic heterocycles. The van der Waals surface area contributed by atoms with Gasteiger partial charge in [-0.05, 0) is 33.6 Å². The van der Waals surface area contributed by atoms with Crippen molar-refractivity contribution in [3.63, 3.8) is 0 Å². The topological polar surface area (TPSA) is 78.4 Å². The van der Waals surface area contributed by atoms with Gasteiger partial charge in [-0.3, -0.25) is 10.1 Å². The molecule has 0 bridgehead atoms. The fourth-order valence-corrected chi connectivity index (χ4v) is 1.89. The Labute approximate surface area is 122 Å². The number of hydrogen-bond donors (Lipinski definition) is 1. The highest BCUT2D eigenvalue weighted by molar-refractivity contribution is 9.10. The van der Waals surface area contributed by atoms with Gasteiger partial charge in [0.2, 0.25) is 5.75 Å². The van der Waals surface area contributed by atoms with Crippen LogP contribution in [0.15, 0.2) is 40.9 Å². The monoisotopic (exact) mass is 340 g/mol. The average Bonchev–Trinajstić information content (AvgIpc) is 2.43. The first-order valence-electron chi connectivity index (χ1n) is 5.61. The van der Waals surface area contributed by atoms with Crippen LogP contribution in [0.5, 0.6) is 11.5 Å². The largest absolute Gasteiger partial charge is 0.450 e. The summed E-state index contributed by atoms with van der Waals surface area (Å²) in [6.07, 6.45) is 0. The Morgan fingerprint density at radius 1 is 1.30 bits per heavy atom. The summed E-state index contributed by atoms with van der Waals surface area (Å²) in [6.45, 7) is 0.382. The molecule has 0 saturated heterocycles. The Morgan fingerprint density at radius 2 is 1.95 bits per heavy atom. The Morgan fingerprint density at radius 3 is 2.50 bits per heavy atom. The van der Waals surface area contributed by atoms with Crippen molar-refractivity contribution in [1.29, 1.82) is 0 Å². The molecule has 0 aliphatic carbocycles. The van der Waals surface area contributed by atoms with Crippen LogP contribution >= 0.6 is 15.9 Å². The molecule has 5 nitrogen and oxygen atoms in total. The number of benzene rings is 2. The maximum atomic E-state index is 13.5. The van der Waals surface area contributed by atoms with E-state index in [1.54, 1.807) is 24.3 Å². The molecule has 0 saturated carbocycles. The fraction of sp³-hybridized carbons (Fsp3) is 0.0769. The van der Waals surface area contributed by atoms with Crippen LogP contribution in [0.2, 0.25) is 0 Å². The predicted molar refractivity (Wildman–Crippen MR) is 75.2 cm³/mol. The fourth-order valence-electron chi connectivity index (χ4n) is 1.56. The molecule has 20 heavy (non-hydrogen) atoms. The van der Waals surface area contributed by atoms with Gasteiger partial charge in [0, 0.05) is 18.7 Å². The van der Waals surface area contributed by atoms with Crippen LogP contribution < -0.4 is 10.5 Å². The van der Waals surface area contributed by atoms with E-state index in [1.165, 1.54) is 0 Å². The minimum atomic E-state index is -0.635. The number of nitro benzene ring substituents is 1. The van der Waals surface area contributed by atoms with Crippen molar-refractivity contribution in [2.75, 3.05) is 0 Å². The minimum absolute atomic E-state index is 0.00929. The van der Waals surface area contributed by atoms with Gasteiger partial charge >= 0.3 is 5.69 Å². The van der Waals surface area contributed by atoms with Crippen LogP contribution in [0, 0.1) is 15.9 Å². The van der Waals surface area contributed by atoms with Gasteiger partial charge in [0.1, 0.15) is 11.6 Å². The van der Waals surface area contributed by atoms with Crippen LogP contribution in [-0.4, -0.2) is 4.92 Å². The summed E-state index contributed by atoms with van der Waals surface area (Å²) in [5.74, 6) is -0.424. The van der Waals surface area contributed by atoms with Crippen molar-refractivity contribution in [3.8, 4) is 11.5 Å². The van der Waals surface area contributed by atoms with Crippen molar-refractivity contribution >= 4 is 21.6 Å². The zero-order valence-electron chi connectivity index (χ0n) is 10.2. The standard InChI is InChI=1S/C13H10BrFN2O3/c14-10-5-12(17(18)19)13(6-11(10)15)20-9-3-1-8(7-16)2-4-9/h1-6H,7,16H2. The van der Waals surface area contributed by atoms with Crippen LogP contribution in [0.25, 0.3) is 0 Å². The van der Waals surface area contributed by atoms with E-state index in [-0.39, 0.29) is 15.9 Å². The first-order chi connectivity index (χ1) is 9.51. The van der Waals surface area contributed by atoms with Gasteiger partial charge in [-0.2, -0.15) is 0 Å². The van der Waals surface area contributed by atoms with E-state index in [0.29, 0.717) is 12.3 Å². The van der Waals surface area contributed by atoms with Gasteiger partial charge in [-0.25, -0.2) is 4.39 Å². The van der Waals surface area contributed by atoms with Gasteiger partial charge in [0.25, 0.3) is 0 Å². The highest BCUT2D eigenvalue weighted by atomic mass is 79.9. The van der Waals surface area contributed by atoms with E-state index in [9.17, 15) is 14.5 Å². The molecule has 104 valence electrons. The lowest BCUT2D eigenvalue weighted by Crippen LogP contribution is -1.97. The second-order valence-corrected chi connectivity index (χ2v) is 4.80. The molecule has 2 aromatic carbocycles. The number of halogens is 2. The first kappa shape index (κ1) is 14.4. The quantitative estimate of drug-likeness (QED) is 0.679. The SMILES string of the molecule is NCc1ccc(Oc2cc(F)c(Br)cc2[N+](=O)[O-])cc1. The van der Waals surface area contributed by atoms with Gasteiger partial charge in [0.05, 0.1) is 9.40 Å². The molecule has 0 aromatic heterocycles. The average molecular weight is 341 g/mol. The number of nitrogens with zero attached hydrogens (tertiary/aromatic N) is 1. The molecule has 0 unspecified atom stereocenters. The lowest BCUT2D eigenvalue weighted by molar-refractivity contribution is -0.385. The first-order valence-corrected chi connectivity index (χ1v) is 6.41. The summed E-state index contributed by atoms with van der Waals surface area (Å²) in [4.78, 5) is 10.3. The van der Waals surface area contributed by atoms with Gasteiger partial charge in [0.15, 0.2) is 0 Å². The van der Waals surface area contributed by atoms with E-state index >= 15 is 0 Å². The third-order valence-corrected chi connectivity index (χ3v) is 3.19. The molecule has 0 aliphatic rings. The summed E-state index contributed by atoms with van der Waals surface area (Å²) >= 11 is 2.90. The lowest BCUT2D eigenvalue weighted by Gasteiger charge is -2.08. The molecule has 0 amide bonds. The maximum absolute atomic E-state index is 13.5. The summed E-state index contributed by atoms with van der Waals surface area (Å²) in [5.41, 5.74) is 6.05. The van der Waals surface area contributed by atoms with Crippen molar-refractivity contribution in [3.05, 3.63) is 62.4 Å². The molecule has 2 N–H and O–H groups in total. The Kier molecular flexibility index (Phi) is 4.31. The highest BCUT2D eigenvalue weighted by Crippen LogP contribution is 2.35. The van der Waals surface area contributed by atoms with E-state index in [4.69, 9.17) is 10.5 Å². The number of nitrogens with two attached hydrogens (primary N) is 1. The Bertz CT molecular complexity index is 647. The number of hydrogen-bond acceptors (Lipinski definition) is 4. The molecule has 0 fully saturated rings. The zero-order chi connectivity index (χ0) is 14.7. The van der Waals surface area contributed by atoms with Gasteiger partial charge in [-0.15, -0.1) is 0 Å². The van der Waals surface area contributed by atoms with Gasteiger partial charge in [-0.1, -0.05) is 12.1 Å². The Hall–Kier alpha value is -1.99. The summed E-state index contributed by atoms with van der Waals surface area (Å²) < 4.78 is 18.9. The normalized spacial score (nSPS) is 10.3. The maximum Gasteiger partial charge on any atom is 0.312 e. The van der Waals surface area contributed by atoms with Crippen LogP contribution in [0.4, 0.5) is 10.1 Å². The molecule has 7 heteroatoms. The number of nitro groups is 1. The highest BCUT2D eigenvalue weighted by Gasteiger charge is 2.19. The molecule has 0 spiro atoms. The van der Waals surface area contributed by atoms with E-state index < -0.39 is 10.7 Å². The smallest absolute Gasteiger partial charge is 0.312 e. The second-order valence-electron chi connectivity index (χ2n) is 3.94. The van der Waals surface area contributed by atoms with Crippen LogP contribution in [0.3, 0.4) is 0 Å². The van der Waals surface area contributed by atoms with Crippen molar-refractivity contribution in [2.24, 2.45) is 5.73 Å². The summed E-state index contributed by atoms with van der Waals surface area (Å²) in [7, 11) is 0. The molecule has 0 heterocycles. The predicted octanol–water partition coefficient (Wildman–Crippen LogP) is 3.75.